The van der Waals surface area contributed by atoms with Crippen molar-refractivity contribution in [3.63, 3.8) is 0 Å². The van der Waals surface area contributed by atoms with Crippen molar-refractivity contribution >= 4 is 27.5 Å². The lowest BCUT2D eigenvalue weighted by Gasteiger charge is -2.08. The molecular weight excluding hydrogens is 275 g/mol. The van der Waals surface area contributed by atoms with Crippen molar-refractivity contribution in [2.45, 2.75) is 39.0 Å². The SMILES string of the molecule is CC(C)Cc1nc(Cl)c(Br)c(C2CC2)n1. The van der Waals surface area contributed by atoms with E-state index in [9.17, 15) is 0 Å². The largest absolute Gasteiger partial charge is 0.236 e. The van der Waals surface area contributed by atoms with Crippen molar-refractivity contribution < 1.29 is 0 Å². The molecule has 4 heteroatoms. The lowest BCUT2D eigenvalue weighted by Crippen LogP contribution is -2.04. The predicted octanol–water partition coefficient (Wildman–Crippen LogP) is 3.97. The fourth-order valence-corrected chi connectivity index (χ4v) is 2.26. The average Bonchev–Trinajstić information content (AvgIpc) is 2.93. The lowest BCUT2D eigenvalue weighted by molar-refractivity contribution is 0.616. The first-order chi connectivity index (χ1) is 7.08. The van der Waals surface area contributed by atoms with Crippen molar-refractivity contribution in [3.8, 4) is 0 Å². The molecule has 0 aliphatic heterocycles. The van der Waals surface area contributed by atoms with Crippen LogP contribution in [-0.2, 0) is 6.42 Å². The van der Waals surface area contributed by atoms with E-state index >= 15 is 0 Å². The number of hydrogen-bond acceptors (Lipinski definition) is 2. The molecule has 0 saturated heterocycles. The minimum absolute atomic E-state index is 0.558. The summed E-state index contributed by atoms with van der Waals surface area (Å²) in [6.07, 6.45) is 3.35. The average molecular weight is 290 g/mol. The van der Waals surface area contributed by atoms with Crippen LogP contribution >= 0.6 is 27.5 Å². The Bertz CT molecular complexity index is 375. The first-order valence-corrected chi connectivity index (χ1v) is 6.47. The van der Waals surface area contributed by atoms with Gasteiger partial charge in [0, 0.05) is 12.3 Å². The second-order valence-electron chi connectivity index (χ2n) is 4.50. The summed E-state index contributed by atoms with van der Waals surface area (Å²) in [5.74, 6) is 2.04. The molecule has 1 aromatic heterocycles. The summed E-state index contributed by atoms with van der Waals surface area (Å²) >= 11 is 9.54. The van der Waals surface area contributed by atoms with Gasteiger partial charge in [-0.15, -0.1) is 0 Å². The minimum Gasteiger partial charge on any atom is -0.236 e. The number of aromatic nitrogens is 2. The number of rotatable bonds is 3. The van der Waals surface area contributed by atoms with E-state index in [2.05, 4.69) is 39.7 Å². The van der Waals surface area contributed by atoms with E-state index in [0.29, 0.717) is 17.0 Å². The molecule has 1 aliphatic carbocycles. The summed E-state index contributed by atoms with van der Waals surface area (Å²) in [5, 5.41) is 0.558. The Morgan fingerprint density at radius 2 is 2.07 bits per heavy atom. The van der Waals surface area contributed by atoms with E-state index in [-0.39, 0.29) is 0 Å². The molecule has 2 rings (SSSR count). The second-order valence-corrected chi connectivity index (χ2v) is 5.65. The molecule has 0 unspecified atom stereocenters. The second kappa shape index (κ2) is 4.38. The Balaban J connectivity index is 2.32. The Labute approximate surface area is 104 Å². The number of hydrogen-bond donors (Lipinski definition) is 0. The van der Waals surface area contributed by atoms with Gasteiger partial charge >= 0.3 is 0 Å². The third-order valence-electron chi connectivity index (χ3n) is 2.44. The summed E-state index contributed by atoms with van der Waals surface area (Å²) < 4.78 is 0.888. The summed E-state index contributed by atoms with van der Waals surface area (Å²) in [6.45, 7) is 4.33. The monoisotopic (exact) mass is 288 g/mol. The normalized spacial score (nSPS) is 16.1. The third kappa shape index (κ3) is 2.70. The summed E-state index contributed by atoms with van der Waals surface area (Å²) in [6, 6.07) is 0. The molecule has 2 nitrogen and oxygen atoms in total. The molecule has 82 valence electrons. The molecular formula is C11H14BrClN2. The summed E-state index contributed by atoms with van der Waals surface area (Å²) in [7, 11) is 0. The van der Waals surface area contributed by atoms with Crippen LogP contribution in [-0.4, -0.2) is 9.97 Å². The Hall–Kier alpha value is -0.150. The van der Waals surface area contributed by atoms with Gasteiger partial charge in [-0.25, -0.2) is 9.97 Å². The highest BCUT2D eigenvalue weighted by atomic mass is 79.9. The van der Waals surface area contributed by atoms with E-state index < -0.39 is 0 Å². The molecule has 0 atom stereocenters. The first-order valence-electron chi connectivity index (χ1n) is 5.29. The van der Waals surface area contributed by atoms with Crippen molar-refractivity contribution in [1.29, 1.82) is 0 Å². The zero-order valence-electron chi connectivity index (χ0n) is 8.93. The molecule has 0 bridgehead atoms. The van der Waals surface area contributed by atoms with Gasteiger partial charge in [0.05, 0.1) is 10.2 Å². The van der Waals surface area contributed by atoms with Crippen LogP contribution in [0.15, 0.2) is 4.47 Å². The zero-order chi connectivity index (χ0) is 11.0. The third-order valence-corrected chi connectivity index (χ3v) is 3.72. The van der Waals surface area contributed by atoms with Gasteiger partial charge in [-0.3, -0.25) is 0 Å². The number of halogens is 2. The van der Waals surface area contributed by atoms with Crippen molar-refractivity contribution in [1.82, 2.24) is 9.97 Å². The van der Waals surface area contributed by atoms with E-state index in [0.717, 1.165) is 22.4 Å². The zero-order valence-corrected chi connectivity index (χ0v) is 11.3. The van der Waals surface area contributed by atoms with Gasteiger partial charge in [0.25, 0.3) is 0 Å². The molecule has 1 aromatic rings. The van der Waals surface area contributed by atoms with Crippen LogP contribution in [0.4, 0.5) is 0 Å². The van der Waals surface area contributed by atoms with Crippen LogP contribution in [0, 0.1) is 5.92 Å². The number of nitrogens with zero attached hydrogens (tertiary/aromatic N) is 2. The Kier molecular flexibility index (Phi) is 3.31. The maximum atomic E-state index is 6.08. The van der Waals surface area contributed by atoms with E-state index in [4.69, 9.17) is 11.6 Å². The van der Waals surface area contributed by atoms with Gasteiger partial charge in [0.1, 0.15) is 11.0 Å². The lowest BCUT2D eigenvalue weighted by atomic mass is 10.1. The molecule has 1 aliphatic rings. The summed E-state index contributed by atoms with van der Waals surface area (Å²) in [5.41, 5.74) is 1.10. The summed E-state index contributed by atoms with van der Waals surface area (Å²) in [4.78, 5) is 8.88. The van der Waals surface area contributed by atoms with E-state index in [1.807, 2.05) is 0 Å². The molecule has 0 spiro atoms. The molecule has 1 heterocycles. The smallest absolute Gasteiger partial charge is 0.147 e. The highest BCUT2D eigenvalue weighted by molar-refractivity contribution is 9.10. The van der Waals surface area contributed by atoms with Gasteiger partial charge in [0.2, 0.25) is 0 Å². The maximum absolute atomic E-state index is 6.08. The highest BCUT2D eigenvalue weighted by Gasteiger charge is 2.29. The topological polar surface area (TPSA) is 25.8 Å². The van der Waals surface area contributed by atoms with Crippen LogP contribution in [0.3, 0.4) is 0 Å². The standard InChI is InChI=1S/C11H14BrClN2/c1-6(2)5-8-14-10(7-3-4-7)9(12)11(13)15-8/h6-7H,3-5H2,1-2H3. The molecule has 15 heavy (non-hydrogen) atoms. The van der Waals surface area contributed by atoms with Crippen molar-refractivity contribution in [2.24, 2.45) is 5.92 Å². The maximum Gasteiger partial charge on any atom is 0.147 e. The van der Waals surface area contributed by atoms with Crippen LogP contribution in [0.2, 0.25) is 5.15 Å². The Morgan fingerprint density at radius 1 is 1.40 bits per heavy atom. The van der Waals surface area contributed by atoms with E-state index in [1.165, 1.54) is 12.8 Å². The van der Waals surface area contributed by atoms with Crippen molar-refractivity contribution in [3.05, 3.63) is 21.1 Å². The van der Waals surface area contributed by atoms with Gasteiger partial charge in [-0.05, 0) is 34.7 Å². The van der Waals surface area contributed by atoms with Crippen LogP contribution < -0.4 is 0 Å². The minimum atomic E-state index is 0.558. The van der Waals surface area contributed by atoms with Crippen LogP contribution in [0.25, 0.3) is 0 Å². The fourth-order valence-electron chi connectivity index (χ4n) is 1.56. The van der Waals surface area contributed by atoms with E-state index in [1.54, 1.807) is 0 Å². The van der Waals surface area contributed by atoms with Gasteiger partial charge < -0.3 is 0 Å². The molecule has 0 amide bonds. The molecule has 0 aromatic carbocycles. The highest BCUT2D eigenvalue weighted by Crippen LogP contribution is 2.43. The van der Waals surface area contributed by atoms with Crippen LogP contribution in [0.5, 0.6) is 0 Å². The Morgan fingerprint density at radius 3 is 2.60 bits per heavy atom. The molecule has 0 radical (unpaired) electrons. The predicted molar refractivity (Wildman–Crippen MR) is 65.3 cm³/mol. The molecule has 1 saturated carbocycles. The van der Waals surface area contributed by atoms with Gasteiger partial charge in [0.15, 0.2) is 0 Å². The van der Waals surface area contributed by atoms with Crippen molar-refractivity contribution in [2.75, 3.05) is 0 Å². The quantitative estimate of drug-likeness (QED) is 0.787. The van der Waals surface area contributed by atoms with Gasteiger partial charge in [-0.2, -0.15) is 0 Å². The fraction of sp³-hybridized carbons (Fsp3) is 0.636. The van der Waals surface area contributed by atoms with Crippen LogP contribution in [0.1, 0.15) is 44.1 Å². The first kappa shape index (κ1) is 11.3. The molecule has 0 N–H and O–H groups in total. The van der Waals surface area contributed by atoms with Gasteiger partial charge in [-0.1, -0.05) is 25.4 Å². The molecule has 1 fully saturated rings.